The summed E-state index contributed by atoms with van der Waals surface area (Å²) in [4.78, 5) is 0. The lowest BCUT2D eigenvalue weighted by atomic mass is 10.1. The molecule has 92 valence electrons. The summed E-state index contributed by atoms with van der Waals surface area (Å²) >= 11 is 0. The third-order valence-electron chi connectivity index (χ3n) is 2.31. The number of rotatable bonds is 8. The van der Waals surface area contributed by atoms with Gasteiger partial charge in [-0.1, -0.05) is 6.92 Å². The molecule has 0 spiro atoms. The molecule has 0 aromatic carbocycles. The zero-order valence-corrected chi connectivity index (χ0v) is 10.4. The first-order chi connectivity index (χ1) is 6.97. The van der Waals surface area contributed by atoms with Crippen LogP contribution in [0.5, 0.6) is 0 Å². The molecule has 0 aromatic rings. The predicted octanol–water partition coefficient (Wildman–Crippen LogP) is 0.881. The van der Waals surface area contributed by atoms with Crippen LogP contribution in [0.4, 0.5) is 0 Å². The van der Waals surface area contributed by atoms with Crippen LogP contribution in [0.1, 0.15) is 34.1 Å². The Morgan fingerprint density at radius 3 is 2.07 bits per heavy atom. The Labute approximate surface area is 93.3 Å². The smallest absolute Gasteiger partial charge is 0.0781 e. The summed E-state index contributed by atoms with van der Waals surface area (Å²) < 4.78 is 11.1. The Bertz CT molecular complexity index is 154. The zero-order chi connectivity index (χ0) is 11.8. The maximum atomic E-state index is 5.84. The fourth-order valence-corrected chi connectivity index (χ4v) is 1.11. The molecule has 0 saturated carbocycles. The van der Waals surface area contributed by atoms with E-state index >= 15 is 0 Å². The van der Waals surface area contributed by atoms with Gasteiger partial charge in [-0.25, -0.2) is 0 Å². The average molecular weight is 218 g/mol. The van der Waals surface area contributed by atoms with Gasteiger partial charge in [-0.15, -0.1) is 0 Å². The summed E-state index contributed by atoms with van der Waals surface area (Å²) in [5, 5.41) is 0. The summed E-state index contributed by atoms with van der Waals surface area (Å²) in [6.45, 7) is 9.09. The lowest BCUT2D eigenvalue weighted by molar-refractivity contribution is -0.0402. The monoisotopic (exact) mass is 218 g/mol. The maximum Gasteiger partial charge on any atom is 0.0781 e. The highest BCUT2D eigenvalue weighted by Gasteiger charge is 2.12. The van der Waals surface area contributed by atoms with E-state index in [9.17, 15) is 0 Å². The second-order valence-electron chi connectivity index (χ2n) is 4.23. The first kappa shape index (κ1) is 14.8. The van der Waals surface area contributed by atoms with Crippen LogP contribution in [0.15, 0.2) is 0 Å². The summed E-state index contributed by atoms with van der Waals surface area (Å²) in [6, 6.07) is 0.174. The Balaban J connectivity index is 3.56. The van der Waals surface area contributed by atoms with Crippen molar-refractivity contribution >= 4 is 0 Å². The van der Waals surface area contributed by atoms with Gasteiger partial charge in [0.25, 0.3) is 0 Å². The van der Waals surface area contributed by atoms with Gasteiger partial charge in [-0.3, -0.25) is 0 Å². The van der Waals surface area contributed by atoms with Crippen molar-refractivity contribution < 1.29 is 9.47 Å². The lowest BCUT2D eigenvalue weighted by Crippen LogP contribution is -2.36. The lowest BCUT2D eigenvalue weighted by Gasteiger charge is -2.22. The van der Waals surface area contributed by atoms with Crippen molar-refractivity contribution in [3.63, 3.8) is 0 Å². The van der Waals surface area contributed by atoms with Crippen molar-refractivity contribution in [2.45, 2.75) is 58.4 Å². The van der Waals surface area contributed by atoms with E-state index in [4.69, 9.17) is 20.9 Å². The predicted molar refractivity (Wildman–Crippen MR) is 62.7 cm³/mol. The normalized spacial score (nSPS) is 19.6. The molecule has 4 unspecified atom stereocenters. The molecule has 0 aliphatic carbocycles. The van der Waals surface area contributed by atoms with Crippen LogP contribution in [0, 0.1) is 0 Å². The van der Waals surface area contributed by atoms with E-state index in [0.717, 1.165) is 6.42 Å². The highest BCUT2D eigenvalue weighted by atomic mass is 16.5. The molecule has 4 N–H and O–H groups in total. The Hall–Kier alpha value is -0.160. The van der Waals surface area contributed by atoms with Crippen molar-refractivity contribution in [2.75, 3.05) is 13.2 Å². The van der Waals surface area contributed by atoms with Crippen LogP contribution < -0.4 is 11.5 Å². The molecular weight excluding hydrogens is 192 g/mol. The highest BCUT2D eigenvalue weighted by molar-refractivity contribution is 4.67. The number of hydrogen-bond acceptors (Lipinski definition) is 4. The average Bonchev–Trinajstić information content (AvgIpc) is 2.21. The van der Waals surface area contributed by atoms with Crippen LogP contribution in [-0.2, 0) is 9.47 Å². The molecule has 0 rings (SSSR count). The molecule has 0 radical (unpaired) electrons. The summed E-state index contributed by atoms with van der Waals surface area (Å²) in [6.07, 6.45) is 1.08. The minimum atomic E-state index is 0.0718. The largest absolute Gasteiger partial charge is 0.375 e. The fraction of sp³-hybridized carbons (Fsp3) is 1.00. The van der Waals surface area contributed by atoms with Gasteiger partial charge < -0.3 is 20.9 Å². The zero-order valence-electron chi connectivity index (χ0n) is 10.4. The first-order valence-electron chi connectivity index (χ1n) is 5.71. The second-order valence-corrected chi connectivity index (χ2v) is 4.23. The first-order valence-corrected chi connectivity index (χ1v) is 5.71. The van der Waals surface area contributed by atoms with Crippen molar-refractivity contribution in [1.29, 1.82) is 0 Å². The molecule has 0 heterocycles. The maximum absolute atomic E-state index is 5.84. The van der Waals surface area contributed by atoms with Gasteiger partial charge in [-0.2, -0.15) is 0 Å². The molecule has 4 atom stereocenters. The Morgan fingerprint density at radius 1 is 1.00 bits per heavy atom. The van der Waals surface area contributed by atoms with Crippen molar-refractivity contribution in [2.24, 2.45) is 11.5 Å². The third kappa shape index (κ3) is 7.73. The topological polar surface area (TPSA) is 70.5 Å². The standard InChI is InChI=1S/C11H26N2O2/c1-5-11(13)10(4)15-7-9(3)14-6-8(2)12/h8-11H,5-7,12-13H2,1-4H3. The van der Waals surface area contributed by atoms with E-state index in [2.05, 4.69) is 6.92 Å². The molecule has 4 nitrogen and oxygen atoms in total. The fourth-order valence-electron chi connectivity index (χ4n) is 1.11. The van der Waals surface area contributed by atoms with Crippen LogP contribution in [0.3, 0.4) is 0 Å². The van der Waals surface area contributed by atoms with Gasteiger partial charge >= 0.3 is 0 Å². The SMILES string of the molecule is CCC(N)C(C)OCC(C)OCC(C)N. The number of nitrogens with two attached hydrogens (primary N) is 2. The van der Waals surface area contributed by atoms with E-state index in [-0.39, 0.29) is 24.3 Å². The minimum absolute atomic E-state index is 0.0718. The minimum Gasteiger partial charge on any atom is -0.375 e. The van der Waals surface area contributed by atoms with E-state index in [1.807, 2.05) is 20.8 Å². The third-order valence-corrected chi connectivity index (χ3v) is 2.31. The summed E-state index contributed by atoms with van der Waals surface area (Å²) in [5.74, 6) is 0. The van der Waals surface area contributed by atoms with Crippen LogP contribution in [0.25, 0.3) is 0 Å². The molecule has 0 aromatic heterocycles. The van der Waals surface area contributed by atoms with Gasteiger partial charge in [0.2, 0.25) is 0 Å². The van der Waals surface area contributed by atoms with Gasteiger partial charge in [-0.05, 0) is 27.2 Å². The molecule has 15 heavy (non-hydrogen) atoms. The van der Waals surface area contributed by atoms with Crippen molar-refractivity contribution in [1.82, 2.24) is 0 Å². The van der Waals surface area contributed by atoms with Gasteiger partial charge in [0, 0.05) is 12.1 Å². The highest BCUT2D eigenvalue weighted by Crippen LogP contribution is 2.02. The van der Waals surface area contributed by atoms with E-state index in [1.54, 1.807) is 0 Å². The Morgan fingerprint density at radius 2 is 1.60 bits per heavy atom. The molecule has 4 heteroatoms. The van der Waals surface area contributed by atoms with Gasteiger partial charge in [0.1, 0.15) is 0 Å². The molecule has 0 bridgehead atoms. The van der Waals surface area contributed by atoms with Gasteiger partial charge in [0.15, 0.2) is 0 Å². The van der Waals surface area contributed by atoms with Crippen LogP contribution in [-0.4, -0.2) is 37.5 Å². The van der Waals surface area contributed by atoms with Gasteiger partial charge in [0.05, 0.1) is 25.4 Å². The van der Waals surface area contributed by atoms with Crippen molar-refractivity contribution in [3.8, 4) is 0 Å². The second kappa shape index (κ2) is 8.05. The quantitative estimate of drug-likeness (QED) is 0.634. The molecule has 0 aliphatic heterocycles. The van der Waals surface area contributed by atoms with Crippen LogP contribution in [0.2, 0.25) is 0 Å². The molecule has 0 saturated heterocycles. The van der Waals surface area contributed by atoms with E-state index in [0.29, 0.717) is 13.2 Å². The number of hydrogen-bond donors (Lipinski definition) is 2. The van der Waals surface area contributed by atoms with Crippen molar-refractivity contribution in [3.05, 3.63) is 0 Å². The molecule has 0 aliphatic rings. The Kier molecular flexibility index (Phi) is 7.96. The number of ether oxygens (including phenoxy) is 2. The molecule has 0 amide bonds. The molecule has 0 fully saturated rings. The molecular formula is C11H26N2O2. The van der Waals surface area contributed by atoms with E-state index < -0.39 is 0 Å². The summed E-state index contributed by atoms with van der Waals surface area (Å²) in [7, 11) is 0. The van der Waals surface area contributed by atoms with Crippen LogP contribution >= 0.6 is 0 Å². The summed E-state index contributed by atoms with van der Waals surface area (Å²) in [5.41, 5.74) is 11.4. The van der Waals surface area contributed by atoms with E-state index in [1.165, 1.54) is 0 Å².